The maximum atomic E-state index is 12.9. The Balaban J connectivity index is 1.37. The highest BCUT2D eigenvalue weighted by atomic mass is 16.5. The van der Waals surface area contributed by atoms with E-state index < -0.39 is 23.9 Å². The zero-order valence-electron chi connectivity index (χ0n) is 13.1. The number of aliphatic carboxylic acids is 1. The molecule has 2 aliphatic heterocycles. The number of carbonyl (C=O) groups excluding carboxylic acids is 1. The zero-order valence-corrected chi connectivity index (χ0v) is 13.1. The molecule has 6 rings (SSSR count). The largest absolute Gasteiger partial charge is 0.481 e. The van der Waals surface area contributed by atoms with Crippen LogP contribution in [-0.2, 0) is 14.3 Å². The molecule has 4 saturated carbocycles. The predicted molar refractivity (Wildman–Crippen MR) is 81.5 cm³/mol. The number of carbonyl (C=O) groups is 2. The van der Waals surface area contributed by atoms with E-state index in [-0.39, 0.29) is 17.6 Å². The van der Waals surface area contributed by atoms with Gasteiger partial charge in [0.15, 0.2) is 0 Å². The molecule has 1 amide bonds. The van der Waals surface area contributed by atoms with Crippen molar-refractivity contribution < 1.29 is 19.4 Å². The van der Waals surface area contributed by atoms with Gasteiger partial charge in [-0.3, -0.25) is 9.59 Å². The van der Waals surface area contributed by atoms with Crippen molar-refractivity contribution in [2.75, 3.05) is 0 Å². The first-order valence-corrected chi connectivity index (χ1v) is 8.92. The third kappa shape index (κ3) is 2.02. The number of carboxylic acid groups (broad SMARTS) is 1. The first-order valence-electron chi connectivity index (χ1n) is 8.92. The first-order chi connectivity index (χ1) is 11.0. The van der Waals surface area contributed by atoms with Gasteiger partial charge < -0.3 is 15.2 Å². The van der Waals surface area contributed by atoms with Crippen molar-refractivity contribution >= 4 is 11.9 Å². The molecule has 2 heterocycles. The van der Waals surface area contributed by atoms with Crippen LogP contribution in [0.3, 0.4) is 0 Å². The van der Waals surface area contributed by atoms with E-state index in [4.69, 9.17) is 4.74 Å². The SMILES string of the molecule is O=C(O)[C@@H]1[C@@H](C(=O)NC23CC4CC(CC(C4)C2)C3)[C@@H]2C=C[C@@H]1O2. The van der Waals surface area contributed by atoms with Crippen molar-refractivity contribution in [2.45, 2.75) is 56.3 Å². The maximum Gasteiger partial charge on any atom is 0.310 e. The molecule has 0 aromatic heterocycles. The van der Waals surface area contributed by atoms with E-state index in [2.05, 4.69) is 5.32 Å². The summed E-state index contributed by atoms with van der Waals surface area (Å²) in [7, 11) is 0. The van der Waals surface area contributed by atoms with Crippen LogP contribution < -0.4 is 5.32 Å². The Morgan fingerprint density at radius 1 is 0.957 bits per heavy atom. The lowest BCUT2D eigenvalue weighted by atomic mass is 9.53. The van der Waals surface area contributed by atoms with Gasteiger partial charge in [0.1, 0.15) is 5.92 Å². The van der Waals surface area contributed by atoms with Gasteiger partial charge >= 0.3 is 5.97 Å². The lowest BCUT2D eigenvalue weighted by Gasteiger charge is -2.57. The van der Waals surface area contributed by atoms with Crippen molar-refractivity contribution in [1.82, 2.24) is 5.32 Å². The molecule has 0 spiro atoms. The van der Waals surface area contributed by atoms with Crippen LogP contribution in [0.2, 0.25) is 0 Å². The molecule has 5 fully saturated rings. The van der Waals surface area contributed by atoms with Crippen molar-refractivity contribution in [2.24, 2.45) is 29.6 Å². The van der Waals surface area contributed by atoms with Crippen LogP contribution in [0.15, 0.2) is 12.2 Å². The van der Waals surface area contributed by atoms with Gasteiger partial charge in [-0.2, -0.15) is 0 Å². The quantitative estimate of drug-likeness (QED) is 0.777. The van der Waals surface area contributed by atoms with Crippen molar-refractivity contribution in [3.05, 3.63) is 12.2 Å². The first kappa shape index (κ1) is 14.0. The fourth-order valence-electron chi connectivity index (χ4n) is 6.52. The van der Waals surface area contributed by atoms with E-state index in [1.54, 1.807) is 6.08 Å². The topological polar surface area (TPSA) is 75.6 Å². The lowest BCUT2D eigenvalue weighted by molar-refractivity contribution is -0.148. The van der Waals surface area contributed by atoms with Gasteiger partial charge in [0.2, 0.25) is 5.91 Å². The molecule has 5 nitrogen and oxygen atoms in total. The second-order valence-electron chi connectivity index (χ2n) is 8.53. The number of nitrogens with one attached hydrogen (secondary N) is 1. The molecule has 5 heteroatoms. The Kier molecular flexibility index (Phi) is 2.80. The van der Waals surface area contributed by atoms with Crippen LogP contribution in [0.4, 0.5) is 0 Å². The molecular weight excluding hydrogens is 294 g/mol. The highest BCUT2D eigenvalue weighted by molar-refractivity contribution is 5.87. The van der Waals surface area contributed by atoms with Gasteiger partial charge in [-0.1, -0.05) is 12.2 Å². The molecule has 1 saturated heterocycles. The minimum absolute atomic E-state index is 0.0690. The molecule has 0 aromatic carbocycles. The molecular formula is C18H23NO4. The predicted octanol–water partition coefficient (Wildman–Crippen LogP) is 1.73. The van der Waals surface area contributed by atoms with E-state index in [9.17, 15) is 14.7 Å². The number of amides is 1. The molecule has 4 atom stereocenters. The summed E-state index contributed by atoms with van der Waals surface area (Å²) in [5, 5.41) is 12.8. The average molecular weight is 317 g/mol. The summed E-state index contributed by atoms with van der Waals surface area (Å²) >= 11 is 0. The average Bonchev–Trinajstić information content (AvgIpc) is 3.05. The van der Waals surface area contributed by atoms with Crippen LogP contribution in [0.25, 0.3) is 0 Å². The third-order valence-electron chi connectivity index (χ3n) is 6.91. The molecule has 4 aliphatic carbocycles. The van der Waals surface area contributed by atoms with E-state index in [1.807, 2.05) is 6.08 Å². The fourth-order valence-corrected chi connectivity index (χ4v) is 6.52. The summed E-state index contributed by atoms with van der Waals surface area (Å²) < 4.78 is 5.65. The van der Waals surface area contributed by atoms with Gasteiger partial charge in [0, 0.05) is 5.54 Å². The van der Waals surface area contributed by atoms with Crippen LogP contribution in [-0.4, -0.2) is 34.7 Å². The zero-order chi connectivity index (χ0) is 15.8. The smallest absolute Gasteiger partial charge is 0.310 e. The Morgan fingerprint density at radius 3 is 2.00 bits per heavy atom. The van der Waals surface area contributed by atoms with Gasteiger partial charge in [0.05, 0.1) is 18.1 Å². The Bertz CT molecular complexity index is 563. The van der Waals surface area contributed by atoms with Crippen LogP contribution >= 0.6 is 0 Å². The van der Waals surface area contributed by atoms with E-state index in [1.165, 1.54) is 19.3 Å². The summed E-state index contributed by atoms with van der Waals surface area (Å²) in [6.07, 6.45) is 10.1. The Hall–Kier alpha value is -1.36. The summed E-state index contributed by atoms with van der Waals surface area (Å²) in [4.78, 5) is 24.5. The van der Waals surface area contributed by atoms with E-state index in [0.29, 0.717) is 0 Å². The number of hydrogen-bond acceptors (Lipinski definition) is 3. The molecule has 23 heavy (non-hydrogen) atoms. The minimum atomic E-state index is -0.924. The van der Waals surface area contributed by atoms with E-state index >= 15 is 0 Å². The highest BCUT2D eigenvalue weighted by Crippen LogP contribution is 2.56. The summed E-state index contributed by atoms with van der Waals surface area (Å²) in [5.41, 5.74) is -0.0690. The molecule has 0 radical (unpaired) electrons. The summed E-state index contributed by atoms with van der Waals surface area (Å²) in [5.74, 6) is -0.0629. The fraction of sp³-hybridized carbons (Fsp3) is 0.778. The van der Waals surface area contributed by atoms with Gasteiger partial charge in [-0.05, 0) is 56.3 Å². The number of carboxylic acids is 1. The van der Waals surface area contributed by atoms with Gasteiger partial charge in [0.25, 0.3) is 0 Å². The second-order valence-corrected chi connectivity index (χ2v) is 8.53. The van der Waals surface area contributed by atoms with Crippen molar-refractivity contribution in [3.63, 3.8) is 0 Å². The van der Waals surface area contributed by atoms with Crippen LogP contribution in [0.1, 0.15) is 38.5 Å². The second kappa shape index (κ2) is 4.59. The molecule has 6 bridgehead atoms. The summed E-state index contributed by atoms with van der Waals surface area (Å²) in [6, 6.07) is 0. The number of rotatable bonds is 3. The third-order valence-corrected chi connectivity index (χ3v) is 6.91. The highest BCUT2D eigenvalue weighted by Gasteiger charge is 2.56. The van der Waals surface area contributed by atoms with Gasteiger partial charge in [-0.15, -0.1) is 0 Å². The number of fused-ring (bicyclic) bond motifs is 2. The van der Waals surface area contributed by atoms with Crippen molar-refractivity contribution in [1.29, 1.82) is 0 Å². The Labute approximate surface area is 135 Å². The minimum Gasteiger partial charge on any atom is -0.481 e. The molecule has 6 aliphatic rings. The molecule has 0 aromatic rings. The van der Waals surface area contributed by atoms with Crippen LogP contribution in [0.5, 0.6) is 0 Å². The Morgan fingerprint density at radius 2 is 1.48 bits per heavy atom. The monoisotopic (exact) mass is 317 g/mol. The molecule has 124 valence electrons. The standard InChI is InChI=1S/C18H23NO4/c20-16(14-12-1-2-13(23-12)15(14)17(21)22)19-18-6-9-3-10(7-18)5-11(4-9)8-18/h1-2,9-15H,3-8H2,(H,19,20)(H,21,22)/t9?,10?,11?,12-,13-,14-,15-,18?/m0/s1. The molecule has 0 unspecified atom stereocenters. The van der Waals surface area contributed by atoms with Crippen molar-refractivity contribution in [3.8, 4) is 0 Å². The molecule has 2 N–H and O–H groups in total. The van der Waals surface area contributed by atoms with Gasteiger partial charge in [-0.25, -0.2) is 0 Å². The number of ether oxygens (including phenoxy) is 1. The maximum absolute atomic E-state index is 12.9. The van der Waals surface area contributed by atoms with E-state index in [0.717, 1.165) is 37.0 Å². The lowest BCUT2D eigenvalue weighted by Crippen LogP contribution is -2.61. The normalized spacial score (nSPS) is 52.1. The number of hydrogen-bond donors (Lipinski definition) is 2. The van der Waals surface area contributed by atoms with Crippen LogP contribution in [0, 0.1) is 29.6 Å². The summed E-state index contributed by atoms with van der Waals surface area (Å²) in [6.45, 7) is 0.